The number of aromatic hydroxyl groups is 2. The van der Waals surface area contributed by atoms with E-state index in [1.54, 1.807) is 23.9 Å². The van der Waals surface area contributed by atoms with E-state index in [0.717, 1.165) is 107 Å². The van der Waals surface area contributed by atoms with Crippen molar-refractivity contribution in [2.75, 3.05) is 20.6 Å². The van der Waals surface area contributed by atoms with Crippen LogP contribution in [0, 0.1) is 35.5 Å². The third kappa shape index (κ3) is 17.7. The highest BCUT2D eigenvalue weighted by Gasteiger charge is 2.47. The summed E-state index contributed by atoms with van der Waals surface area (Å²) in [4.78, 5) is 70.8. The van der Waals surface area contributed by atoms with Crippen LogP contribution in [-0.2, 0) is 37.7 Å². The molecule has 2 aliphatic carbocycles. The van der Waals surface area contributed by atoms with Gasteiger partial charge in [-0.15, -0.1) is 0 Å². The van der Waals surface area contributed by atoms with E-state index in [1.165, 1.54) is 21.9 Å². The lowest BCUT2D eigenvalue weighted by atomic mass is 9.67. The molecular formula is C72H111N7O8. The van der Waals surface area contributed by atoms with Crippen molar-refractivity contribution >= 4 is 41.3 Å². The molecule has 6 rings (SSSR count). The van der Waals surface area contributed by atoms with Crippen molar-refractivity contribution in [1.82, 2.24) is 24.6 Å². The Kier molecular flexibility index (Phi) is 26.2. The van der Waals surface area contributed by atoms with Crippen LogP contribution in [0.25, 0.3) is 0 Å². The molecule has 482 valence electrons. The Balaban J connectivity index is 0.948. The number of hydrogen-bond acceptors (Lipinski definition) is 11. The van der Waals surface area contributed by atoms with Gasteiger partial charge in [-0.1, -0.05) is 151 Å². The summed E-state index contributed by atoms with van der Waals surface area (Å²) >= 11 is 0. The van der Waals surface area contributed by atoms with Crippen molar-refractivity contribution in [3.8, 4) is 11.8 Å². The Labute approximate surface area is 522 Å². The Morgan fingerprint density at radius 1 is 0.851 bits per heavy atom. The number of likely N-dealkylation sites (tertiary alicyclic amines) is 1. The summed E-state index contributed by atoms with van der Waals surface area (Å²) in [7, 11) is 3.45. The summed E-state index contributed by atoms with van der Waals surface area (Å²) < 4.78 is 7.33. The molecule has 1 saturated heterocycles. The molecule has 0 spiro atoms. The number of amides is 3. The molecule has 3 aromatic rings. The first-order valence-corrected chi connectivity index (χ1v) is 33.4. The van der Waals surface area contributed by atoms with Crippen molar-refractivity contribution in [2.24, 2.45) is 45.5 Å². The standard InChI is InChI=1S/C72H111N7O8/c1-16-35-72(13,36-17-2)60-44-63(81)79(69(60)84)38-22-20-21-28-58(80)29-24-37-73-56-33-31-52(32-34-56)45-87-71(86)77(15)65(47(7)8)68(83)75-64(46(5)6)70(85)76(14)66(49(10)19-4)55-41-57(42-55)78-39-25-30-62(78)59-43-61(50(59)11)74-51(12)67(82)54-27-23-26-53(40-54)48(9)18-3/h23,26-27,31-34,37,40-41,44,46-51,55,59,62,64-67,81-82,84H,16-22,24-25,28-30,35-36,38-39,42-43,45H2,1-15H3,(H,75,83). The van der Waals surface area contributed by atoms with Crippen LogP contribution >= 0.6 is 0 Å². The lowest BCUT2D eigenvalue weighted by Crippen LogP contribution is -2.59. The second-order valence-electron chi connectivity index (χ2n) is 27.1. The predicted octanol–water partition coefficient (Wildman–Crippen LogP) is 14.8. The zero-order valence-corrected chi connectivity index (χ0v) is 55.9. The number of carbonyl (C=O) groups excluding carboxylic acids is 4. The van der Waals surface area contributed by atoms with Crippen molar-refractivity contribution in [3.63, 3.8) is 0 Å². The minimum Gasteiger partial charge on any atom is -0.494 e. The Bertz CT molecular complexity index is 2810. The summed E-state index contributed by atoms with van der Waals surface area (Å²) in [5, 5.41) is 36.1. The number of benzene rings is 2. The minimum atomic E-state index is -0.892. The van der Waals surface area contributed by atoms with Crippen LogP contribution in [0.2, 0.25) is 0 Å². The number of ketones is 1. The molecule has 87 heavy (non-hydrogen) atoms. The fourth-order valence-corrected chi connectivity index (χ4v) is 14.1. The van der Waals surface area contributed by atoms with E-state index in [4.69, 9.17) is 9.73 Å². The summed E-state index contributed by atoms with van der Waals surface area (Å²) in [6.45, 7) is 28.7. The van der Waals surface area contributed by atoms with Gasteiger partial charge in [-0.25, -0.2) is 4.79 Å². The van der Waals surface area contributed by atoms with Gasteiger partial charge < -0.3 is 35.2 Å². The van der Waals surface area contributed by atoms with Crippen LogP contribution in [0.3, 0.4) is 0 Å². The number of nitrogens with zero attached hydrogens (tertiary/aromatic N) is 6. The molecule has 2 heterocycles. The van der Waals surface area contributed by atoms with E-state index < -0.39 is 30.2 Å². The van der Waals surface area contributed by atoms with Crippen LogP contribution in [-0.4, -0.2) is 121 Å². The third-order valence-corrected chi connectivity index (χ3v) is 19.9. The molecule has 0 bridgehead atoms. The molecule has 2 fully saturated rings. The maximum absolute atomic E-state index is 14.7. The van der Waals surface area contributed by atoms with E-state index in [0.29, 0.717) is 55.3 Å². The van der Waals surface area contributed by atoms with Crippen molar-refractivity contribution in [3.05, 3.63) is 88.6 Å². The highest BCUT2D eigenvalue weighted by atomic mass is 16.6. The number of rotatable bonds is 34. The number of hydrogen-bond donors (Lipinski definition) is 4. The monoisotopic (exact) mass is 1200 g/mol. The predicted molar refractivity (Wildman–Crippen MR) is 352 cm³/mol. The SMILES string of the molecule is CCCC(C)(CCC)c1cc(O)n(CCCCCC(=O)CCC=Nc2ccc(COC(=O)N(C)C(C(=O)NC(C(=O)N(C)C(C(C)CC)C3C=C(N4CCCC4C4CC(=NC(C)C(O)c5cccc(C(C)CC)c5)C4C)C3)C(C)C)C(C)C)cc2)c1O. The average molecular weight is 1200 g/mol. The van der Waals surface area contributed by atoms with Crippen LogP contribution in [0.4, 0.5) is 10.5 Å². The lowest BCUT2D eigenvalue weighted by molar-refractivity contribution is -0.141. The molecule has 1 saturated carbocycles. The molecule has 3 amide bonds. The number of likely N-dealkylation sites (N-methyl/N-ethyl adjacent to an activating group) is 2. The number of aliphatic hydroxyl groups is 1. The summed E-state index contributed by atoms with van der Waals surface area (Å²) in [5.74, 6) is 1.06. The Morgan fingerprint density at radius 2 is 1.53 bits per heavy atom. The highest BCUT2D eigenvalue weighted by Crippen LogP contribution is 2.47. The van der Waals surface area contributed by atoms with Gasteiger partial charge in [-0.3, -0.25) is 33.8 Å². The number of unbranched alkanes of at least 4 members (excludes halogenated alkanes) is 2. The first-order chi connectivity index (χ1) is 41.4. The highest BCUT2D eigenvalue weighted by molar-refractivity contribution is 5.93. The number of carbonyl (C=O) groups is 4. The molecule has 15 heteroatoms. The number of ether oxygens (including phenoxy) is 1. The quantitative estimate of drug-likeness (QED) is 0.0333. The molecule has 11 unspecified atom stereocenters. The summed E-state index contributed by atoms with van der Waals surface area (Å²) in [6.07, 6.45) is 16.5. The molecule has 1 aromatic heterocycles. The molecule has 11 atom stereocenters. The molecule has 2 aromatic carbocycles. The van der Waals surface area contributed by atoms with Crippen LogP contribution in [0.15, 0.2) is 76.4 Å². The zero-order valence-electron chi connectivity index (χ0n) is 55.9. The topological polar surface area (TPSA) is 190 Å². The second-order valence-corrected chi connectivity index (χ2v) is 27.1. The van der Waals surface area contributed by atoms with E-state index >= 15 is 0 Å². The largest absolute Gasteiger partial charge is 0.494 e. The number of nitrogens with one attached hydrogen (secondary N) is 1. The number of aliphatic imine (C=N–C) groups is 2. The number of Topliss-reactive ketones (excluding diaryl/α,β-unsaturated/α-hetero) is 1. The fourth-order valence-electron chi connectivity index (χ4n) is 14.1. The van der Waals surface area contributed by atoms with Gasteiger partial charge in [-0.2, -0.15) is 0 Å². The first-order valence-electron chi connectivity index (χ1n) is 33.4. The summed E-state index contributed by atoms with van der Waals surface area (Å²) in [5.41, 5.74) is 6.86. The molecule has 15 nitrogen and oxygen atoms in total. The molecule has 4 N–H and O–H groups in total. The zero-order chi connectivity index (χ0) is 63.9. The second kappa shape index (κ2) is 32.5. The smallest absolute Gasteiger partial charge is 0.410 e. The minimum absolute atomic E-state index is 0.0134. The molecular weight excluding hydrogens is 1090 g/mol. The van der Waals surface area contributed by atoms with Crippen LogP contribution in [0.5, 0.6) is 11.8 Å². The average Bonchev–Trinajstić information content (AvgIpc) is 1.80. The molecule has 0 radical (unpaired) electrons. The van der Waals surface area contributed by atoms with Gasteiger partial charge in [0, 0.05) is 87.3 Å². The van der Waals surface area contributed by atoms with Gasteiger partial charge >= 0.3 is 6.09 Å². The maximum atomic E-state index is 14.7. The van der Waals surface area contributed by atoms with E-state index in [-0.39, 0.29) is 71.2 Å². The van der Waals surface area contributed by atoms with Crippen molar-refractivity contribution in [2.45, 2.75) is 254 Å². The Morgan fingerprint density at radius 3 is 2.15 bits per heavy atom. The van der Waals surface area contributed by atoms with E-state index in [9.17, 15) is 34.5 Å². The van der Waals surface area contributed by atoms with Gasteiger partial charge in [0.1, 0.15) is 30.6 Å². The number of aromatic nitrogens is 1. The van der Waals surface area contributed by atoms with E-state index in [2.05, 4.69) is 94.9 Å². The third-order valence-electron chi connectivity index (χ3n) is 19.9. The Hall–Kier alpha value is -5.96. The normalized spacial score (nSPS) is 20.8. The molecule has 3 aliphatic rings. The van der Waals surface area contributed by atoms with E-state index in [1.807, 2.05) is 76.9 Å². The van der Waals surface area contributed by atoms with Gasteiger partial charge in [0.25, 0.3) is 0 Å². The van der Waals surface area contributed by atoms with Crippen molar-refractivity contribution in [1.29, 1.82) is 0 Å². The van der Waals surface area contributed by atoms with Gasteiger partial charge in [0.2, 0.25) is 11.8 Å². The van der Waals surface area contributed by atoms with Gasteiger partial charge in [0.05, 0.1) is 11.7 Å². The lowest BCUT2D eigenvalue weighted by Gasteiger charge is -2.49. The van der Waals surface area contributed by atoms with Crippen LogP contribution in [0.1, 0.15) is 227 Å². The number of allylic oxidation sites excluding steroid dienone is 1. The van der Waals surface area contributed by atoms with Crippen molar-refractivity contribution < 1.29 is 39.2 Å². The molecule has 1 aliphatic heterocycles. The van der Waals surface area contributed by atoms with Gasteiger partial charge in [0.15, 0.2) is 11.8 Å². The fraction of sp³-hybridized carbons (Fsp3) is 0.667. The maximum Gasteiger partial charge on any atom is 0.410 e. The summed E-state index contributed by atoms with van der Waals surface area (Å²) in [6, 6.07) is 15.9. The number of aliphatic hydroxyl groups excluding tert-OH is 1. The first kappa shape index (κ1) is 70.1. The van der Waals surface area contributed by atoms with Gasteiger partial charge in [-0.05, 0) is 141 Å². The van der Waals surface area contributed by atoms with Crippen LogP contribution < -0.4 is 5.32 Å².